The number of hydrogen-bond acceptors (Lipinski definition) is 17. The number of methoxy groups -OCH3 is 2. The van der Waals surface area contributed by atoms with Crippen molar-refractivity contribution in [2.24, 2.45) is 17.6 Å². The fourth-order valence-electron chi connectivity index (χ4n) is 10.4. The van der Waals surface area contributed by atoms with Gasteiger partial charge >= 0.3 is 24.2 Å². The van der Waals surface area contributed by atoms with Gasteiger partial charge in [0.15, 0.2) is 5.72 Å². The van der Waals surface area contributed by atoms with Gasteiger partial charge in [-0.15, -0.1) is 0 Å². The van der Waals surface area contributed by atoms with Gasteiger partial charge in [0.05, 0.1) is 25.3 Å². The maximum atomic E-state index is 14.4. The summed E-state index contributed by atoms with van der Waals surface area (Å²) in [4.78, 5) is 135. The van der Waals surface area contributed by atoms with E-state index in [-0.39, 0.29) is 74.4 Å². The lowest BCUT2D eigenvalue weighted by molar-refractivity contribution is -0.162. The van der Waals surface area contributed by atoms with E-state index in [9.17, 15) is 53.1 Å². The van der Waals surface area contributed by atoms with Crippen LogP contribution in [0.25, 0.3) is 0 Å². The Balaban J connectivity index is 1.21. The number of nitrogens with one attached hydrogen (secondary N) is 5. The summed E-state index contributed by atoms with van der Waals surface area (Å²) in [7, 11) is 7.21. The number of carbonyl (C=O) groups excluding carboxylic acids is 10. The molecule has 490 valence electrons. The standard InChI is InChI=1S/C62H88ClN9O17/c1-35(2)53(68-49(74)21-14-13-18-37(4)73)56(78)67-43(19-16-27-65-58(64)80)55(77)66-42-24-22-40(23-25-42)34-86-60(82)70(8)28-26-50(75)71(9)39(6)57(79)88-48-32-51(76)72(10)44-30-41(31-45(84-11)52(44)63)29-36(3)17-15-20-47(85-12)62(83)33-46(87-59(81)69-62)38(5)54-61(48,7)89-54/h15,17,20,22-25,30-31,35,38-39,43,46-48,53-54,83H,13-14,16,18-19,21,26-29,32-34H2,1-12H3,(H,66,77)(H,67,78)(H,68,74)(H,69,81)(H3,64,65,80)/b20-15+,36-17+/t38-,39+,43+,46+,47-,48+,53+,54+,61+,62+/m1/s1. The van der Waals surface area contributed by atoms with Gasteiger partial charge in [-0.25, -0.2) is 19.2 Å². The molecule has 10 atom stereocenters. The smallest absolute Gasteiger partial charge is 0.409 e. The van der Waals surface area contributed by atoms with Gasteiger partial charge in [-0.1, -0.05) is 68.3 Å². The summed E-state index contributed by atoms with van der Waals surface area (Å²) in [6.07, 6.45) is 0.920. The molecule has 3 aliphatic heterocycles. The van der Waals surface area contributed by atoms with Gasteiger partial charge in [0.25, 0.3) is 0 Å². The summed E-state index contributed by atoms with van der Waals surface area (Å²) in [6.45, 7) is 11.5. The van der Waals surface area contributed by atoms with Crippen molar-refractivity contribution >= 4 is 82.5 Å². The molecular weight excluding hydrogens is 1180 g/mol. The maximum absolute atomic E-state index is 14.4. The summed E-state index contributed by atoms with van der Waals surface area (Å²) >= 11 is 6.83. The molecule has 3 heterocycles. The number of allylic oxidation sites excluding steroid dienone is 3. The predicted molar refractivity (Wildman–Crippen MR) is 328 cm³/mol. The number of ketones is 1. The average molecular weight is 1270 g/mol. The molecule has 2 aromatic carbocycles. The minimum Gasteiger partial charge on any atom is -0.495 e. The van der Waals surface area contributed by atoms with E-state index in [1.165, 1.54) is 59.0 Å². The van der Waals surface area contributed by atoms with Gasteiger partial charge in [0, 0.05) is 78.6 Å². The van der Waals surface area contributed by atoms with E-state index in [2.05, 4.69) is 26.6 Å². The zero-order valence-corrected chi connectivity index (χ0v) is 53.6. The number of amides is 9. The van der Waals surface area contributed by atoms with E-state index in [0.29, 0.717) is 48.4 Å². The third-order valence-corrected chi connectivity index (χ3v) is 16.5. The first-order valence-corrected chi connectivity index (χ1v) is 30.0. The molecule has 9 amide bonds. The molecule has 3 aliphatic rings. The van der Waals surface area contributed by atoms with E-state index in [1.807, 2.05) is 13.0 Å². The molecule has 2 saturated heterocycles. The first-order chi connectivity index (χ1) is 41.9. The number of rotatable bonds is 25. The number of fused-ring (bicyclic) bond motifs is 5. The zero-order chi connectivity index (χ0) is 66.1. The highest BCUT2D eigenvalue weighted by atomic mass is 35.5. The molecule has 26 nitrogen and oxygen atoms in total. The summed E-state index contributed by atoms with van der Waals surface area (Å²) in [6, 6.07) is 5.82. The van der Waals surface area contributed by atoms with Crippen molar-refractivity contribution in [3.05, 3.63) is 76.3 Å². The second-order valence-electron chi connectivity index (χ2n) is 23.5. The van der Waals surface area contributed by atoms with Crippen molar-refractivity contribution in [2.75, 3.05) is 58.7 Å². The lowest BCUT2D eigenvalue weighted by Gasteiger charge is -2.42. The second-order valence-corrected chi connectivity index (χ2v) is 23.9. The normalized spacial score (nSPS) is 23.7. The van der Waals surface area contributed by atoms with Crippen LogP contribution >= 0.6 is 11.6 Å². The molecule has 2 aromatic rings. The molecule has 0 spiro atoms. The molecule has 27 heteroatoms. The van der Waals surface area contributed by atoms with Crippen LogP contribution in [0.1, 0.15) is 117 Å². The van der Waals surface area contributed by atoms with Gasteiger partial charge < -0.3 is 80.0 Å². The molecule has 0 radical (unpaired) electrons. The van der Waals surface area contributed by atoms with Crippen molar-refractivity contribution in [3.8, 4) is 5.75 Å². The first kappa shape index (κ1) is 71.9. The number of anilines is 2. The number of Topliss-reactive ketones (excluding diaryl/α,β-unsaturated/α-hetero) is 1. The number of primary amides is 1. The number of aliphatic hydroxyl groups is 1. The molecule has 0 aliphatic carbocycles. The number of hydrogen-bond donors (Lipinski definition) is 7. The monoisotopic (exact) mass is 1270 g/mol. The number of urea groups is 1. The molecule has 0 unspecified atom stereocenters. The quantitative estimate of drug-likeness (QED) is 0.0286. The number of nitrogens with zero attached hydrogens (tertiary/aromatic N) is 3. The van der Waals surface area contributed by atoms with E-state index in [0.717, 1.165) is 16.0 Å². The Morgan fingerprint density at radius 3 is 2.29 bits per heavy atom. The molecule has 0 saturated carbocycles. The lowest BCUT2D eigenvalue weighted by atomic mass is 9.83. The van der Waals surface area contributed by atoms with Crippen LogP contribution in [-0.4, -0.2) is 177 Å². The number of esters is 1. The van der Waals surface area contributed by atoms with Crippen molar-refractivity contribution in [2.45, 2.75) is 173 Å². The number of ether oxygens (including phenoxy) is 6. The van der Waals surface area contributed by atoms with Crippen LogP contribution < -0.4 is 42.0 Å². The maximum Gasteiger partial charge on any atom is 0.409 e. The molecule has 4 bridgehead atoms. The summed E-state index contributed by atoms with van der Waals surface area (Å²) in [5.74, 6) is -4.12. The van der Waals surface area contributed by atoms with Crippen molar-refractivity contribution in [1.82, 2.24) is 31.1 Å². The van der Waals surface area contributed by atoms with Crippen LogP contribution in [0, 0.1) is 11.8 Å². The van der Waals surface area contributed by atoms with E-state index < -0.39 is 114 Å². The second kappa shape index (κ2) is 32.6. The van der Waals surface area contributed by atoms with E-state index in [1.54, 1.807) is 76.2 Å². The van der Waals surface area contributed by atoms with Gasteiger partial charge in [-0.2, -0.15) is 0 Å². The number of unbranched alkanes of at least 4 members (excludes halogenated alkanes) is 1. The van der Waals surface area contributed by atoms with Crippen LogP contribution in [0.2, 0.25) is 5.02 Å². The van der Waals surface area contributed by atoms with Gasteiger partial charge in [0.2, 0.25) is 29.5 Å². The largest absolute Gasteiger partial charge is 0.495 e. The minimum absolute atomic E-state index is 0.0179. The molecule has 2 fully saturated rings. The van der Waals surface area contributed by atoms with Gasteiger partial charge in [-0.3, -0.25) is 29.3 Å². The predicted octanol–water partition coefficient (Wildman–Crippen LogP) is 5.34. The third kappa shape index (κ3) is 20.4. The van der Waals surface area contributed by atoms with Crippen molar-refractivity contribution in [3.63, 3.8) is 0 Å². The fraction of sp³-hybridized carbons (Fsp3) is 0.581. The van der Waals surface area contributed by atoms with Crippen molar-refractivity contribution in [1.29, 1.82) is 0 Å². The van der Waals surface area contributed by atoms with Crippen molar-refractivity contribution < 1.29 is 81.5 Å². The Hall–Kier alpha value is -7.81. The van der Waals surface area contributed by atoms with Gasteiger partial charge in [0.1, 0.15) is 65.2 Å². The highest BCUT2D eigenvalue weighted by Crippen LogP contribution is 2.49. The number of alkyl carbamates (subject to hydrolysis) is 1. The Morgan fingerprint density at radius 1 is 0.966 bits per heavy atom. The van der Waals surface area contributed by atoms with E-state index >= 15 is 0 Å². The number of epoxide rings is 1. The highest BCUT2D eigenvalue weighted by Gasteiger charge is 2.64. The molecule has 89 heavy (non-hydrogen) atoms. The average Bonchev–Trinajstić information content (AvgIpc) is 1.61. The highest BCUT2D eigenvalue weighted by molar-refractivity contribution is 6.35. The number of halogens is 1. The summed E-state index contributed by atoms with van der Waals surface area (Å²) < 4.78 is 35.0. The molecule has 8 N–H and O–H groups in total. The minimum atomic E-state index is -1.91. The molecule has 0 aromatic heterocycles. The number of nitrogens with two attached hydrogens (primary N) is 1. The van der Waals surface area contributed by atoms with Crippen LogP contribution in [-0.2, 0) is 70.3 Å². The third-order valence-electron chi connectivity index (χ3n) is 16.1. The van der Waals surface area contributed by atoms with Crippen LogP contribution in [0.5, 0.6) is 5.75 Å². The topological polar surface area (TPSA) is 346 Å². The zero-order valence-electron chi connectivity index (χ0n) is 52.9. The fourth-order valence-corrected chi connectivity index (χ4v) is 10.7. The Morgan fingerprint density at radius 2 is 1.65 bits per heavy atom. The number of carbonyl (C=O) groups is 10. The molecule has 5 rings (SSSR count). The Labute approximate surface area is 524 Å². The van der Waals surface area contributed by atoms with Crippen LogP contribution in [0.15, 0.2) is 60.2 Å². The van der Waals surface area contributed by atoms with Crippen LogP contribution in [0.4, 0.5) is 25.8 Å². The number of likely N-dealkylation sites (N-methyl/N-ethyl adjacent to an activating group) is 1. The lowest BCUT2D eigenvalue weighted by Crippen LogP contribution is -2.63. The summed E-state index contributed by atoms with van der Waals surface area (Å²) in [5.41, 5.74) is 4.77. The first-order valence-electron chi connectivity index (χ1n) is 29.7. The molecular formula is C62H88ClN9O17. The summed E-state index contributed by atoms with van der Waals surface area (Å²) in [5, 5.41) is 25.2. The Bertz CT molecular complexity index is 2960. The van der Waals surface area contributed by atoms with E-state index in [4.69, 9.17) is 45.8 Å². The Kier molecular flexibility index (Phi) is 26.4. The SMILES string of the molecule is COc1cc2cc(c1Cl)N(C)C(=O)C[C@H](OC(=O)[C@H](C)N(C)C(=O)CCN(C)C(=O)OCc1ccc(NC(=O)[C@H](CCCNC(N)=O)NC(=O)[C@@H](NC(=O)CCCCC(C)=O)C(C)C)cc1)[C@]1(C)O[C@H]1[C@H](C)[C@@H]1C[C@@](O)(NC(=O)O1)[C@H](OC)/C=C/C=C(\C)C2. The van der Waals surface area contributed by atoms with Crippen LogP contribution in [0.3, 0.4) is 0 Å². The number of benzene rings is 2. The van der Waals surface area contributed by atoms with Gasteiger partial charge in [-0.05, 0) is 101 Å².